The Hall–Kier alpha value is -2.64. The van der Waals surface area contributed by atoms with Crippen LogP contribution in [0.4, 0.5) is 10.3 Å². The van der Waals surface area contributed by atoms with Crippen LogP contribution in [-0.2, 0) is 10.5 Å². The number of anilines is 1. The minimum Gasteiger partial charge on any atom is -0.328 e. The van der Waals surface area contributed by atoms with Crippen LogP contribution in [0.5, 0.6) is 0 Å². The van der Waals surface area contributed by atoms with E-state index in [-0.39, 0.29) is 11.6 Å². The minimum absolute atomic E-state index is 0.0357. The quantitative estimate of drug-likeness (QED) is 0.551. The number of nitrogens with one attached hydrogen (secondary N) is 1. The summed E-state index contributed by atoms with van der Waals surface area (Å²) >= 11 is 7.44. The smallest absolute Gasteiger partial charge is 0.227 e. The van der Waals surface area contributed by atoms with Crippen molar-refractivity contribution < 1.29 is 9.18 Å². The van der Waals surface area contributed by atoms with Gasteiger partial charge in [0.1, 0.15) is 11.9 Å². The zero-order chi connectivity index (χ0) is 20.7. The van der Waals surface area contributed by atoms with E-state index in [1.54, 1.807) is 22.9 Å². The molecule has 1 N–H and O–H groups in total. The van der Waals surface area contributed by atoms with Crippen LogP contribution < -0.4 is 5.32 Å². The SMILES string of the molecule is O=C1CCCC2=C1[C@@H](c1ccccc1F)n1nc(SCc3ccc(Cl)cc3)nc1N2. The molecule has 5 nitrogen and oxygen atoms in total. The number of ketones is 1. The first-order chi connectivity index (χ1) is 14.6. The molecule has 0 amide bonds. The van der Waals surface area contributed by atoms with Crippen molar-refractivity contribution in [3.8, 4) is 0 Å². The Kier molecular flexibility index (Phi) is 5.08. The van der Waals surface area contributed by atoms with E-state index in [1.807, 2.05) is 24.3 Å². The maximum atomic E-state index is 14.7. The summed E-state index contributed by atoms with van der Waals surface area (Å²) in [6.07, 6.45) is 1.99. The molecule has 30 heavy (non-hydrogen) atoms. The highest BCUT2D eigenvalue weighted by molar-refractivity contribution is 7.98. The van der Waals surface area contributed by atoms with Gasteiger partial charge in [-0.2, -0.15) is 4.98 Å². The number of Topliss-reactive ketones (excluding diaryl/α,β-unsaturated/α-hetero) is 1. The summed E-state index contributed by atoms with van der Waals surface area (Å²) in [6, 6.07) is 13.6. The summed E-state index contributed by atoms with van der Waals surface area (Å²) in [4.78, 5) is 17.4. The Morgan fingerprint density at radius 2 is 1.97 bits per heavy atom. The molecule has 0 spiro atoms. The number of carbonyl (C=O) groups excluding carboxylic acids is 1. The third kappa shape index (κ3) is 3.52. The molecule has 1 atom stereocenters. The Balaban J connectivity index is 1.51. The zero-order valence-electron chi connectivity index (χ0n) is 15.9. The van der Waals surface area contributed by atoms with Gasteiger partial charge in [0, 0.05) is 34.0 Å². The lowest BCUT2D eigenvalue weighted by Crippen LogP contribution is -2.32. The second kappa shape index (κ2) is 7.89. The molecule has 2 aliphatic rings. The summed E-state index contributed by atoms with van der Waals surface area (Å²) in [5, 5.41) is 9.17. The third-order valence-corrected chi connectivity index (χ3v) is 6.49. The minimum atomic E-state index is -0.609. The predicted molar refractivity (Wildman–Crippen MR) is 115 cm³/mol. The monoisotopic (exact) mass is 440 g/mol. The molecule has 2 heterocycles. The summed E-state index contributed by atoms with van der Waals surface area (Å²) in [6.45, 7) is 0. The molecule has 0 fully saturated rings. The van der Waals surface area contributed by atoms with Crippen molar-refractivity contribution in [3.63, 3.8) is 0 Å². The van der Waals surface area contributed by atoms with Crippen molar-refractivity contribution in [1.82, 2.24) is 14.8 Å². The van der Waals surface area contributed by atoms with Crippen molar-refractivity contribution in [2.45, 2.75) is 36.2 Å². The summed E-state index contributed by atoms with van der Waals surface area (Å²) < 4.78 is 16.4. The molecule has 1 aliphatic heterocycles. The van der Waals surface area contributed by atoms with E-state index in [4.69, 9.17) is 11.6 Å². The van der Waals surface area contributed by atoms with E-state index in [0.29, 0.717) is 39.4 Å². The van der Waals surface area contributed by atoms with Crippen molar-refractivity contribution in [1.29, 1.82) is 0 Å². The zero-order valence-corrected chi connectivity index (χ0v) is 17.5. The van der Waals surface area contributed by atoms with Crippen molar-refractivity contribution in [2.24, 2.45) is 0 Å². The van der Waals surface area contributed by atoms with Gasteiger partial charge in [-0.25, -0.2) is 9.07 Å². The largest absolute Gasteiger partial charge is 0.328 e. The number of hydrogen-bond donors (Lipinski definition) is 1. The number of rotatable bonds is 4. The maximum absolute atomic E-state index is 14.7. The fourth-order valence-corrected chi connectivity index (χ4v) is 4.82. The highest BCUT2D eigenvalue weighted by Crippen LogP contribution is 2.41. The van der Waals surface area contributed by atoms with Crippen molar-refractivity contribution in [2.75, 3.05) is 5.32 Å². The first-order valence-corrected chi connectivity index (χ1v) is 11.1. The van der Waals surface area contributed by atoms with Gasteiger partial charge < -0.3 is 5.32 Å². The van der Waals surface area contributed by atoms with Crippen LogP contribution in [0.2, 0.25) is 5.02 Å². The van der Waals surface area contributed by atoms with Crippen LogP contribution in [0, 0.1) is 5.82 Å². The van der Waals surface area contributed by atoms with Gasteiger partial charge in [-0.1, -0.05) is 53.7 Å². The first kappa shape index (κ1) is 19.3. The van der Waals surface area contributed by atoms with E-state index in [2.05, 4.69) is 15.4 Å². The van der Waals surface area contributed by atoms with Crippen molar-refractivity contribution in [3.05, 3.63) is 81.8 Å². The highest BCUT2D eigenvalue weighted by Gasteiger charge is 2.37. The van der Waals surface area contributed by atoms with Gasteiger partial charge in [-0.15, -0.1) is 5.10 Å². The van der Waals surface area contributed by atoms with Gasteiger partial charge in [-0.3, -0.25) is 4.79 Å². The molecule has 0 saturated heterocycles. The number of fused-ring (bicyclic) bond motifs is 1. The number of hydrogen-bond acceptors (Lipinski definition) is 5. The van der Waals surface area contributed by atoms with Gasteiger partial charge in [0.15, 0.2) is 5.78 Å². The molecule has 1 aromatic heterocycles. The number of allylic oxidation sites excluding steroid dienone is 2. The third-order valence-electron chi connectivity index (χ3n) is 5.33. The molecule has 2 aromatic carbocycles. The number of nitrogens with zero attached hydrogens (tertiary/aromatic N) is 3. The molecule has 0 radical (unpaired) electrons. The van der Waals surface area contributed by atoms with Gasteiger partial charge in [0.05, 0.1) is 0 Å². The molecular weight excluding hydrogens is 423 g/mol. The van der Waals surface area contributed by atoms with Crippen LogP contribution in [0.1, 0.15) is 36.4 Å². The lowest BCUT2D eigenvalue weighted by atomic mass is 9.85. The molecule has 5 rings (SSSR count). The summed E-state index contributed by atoms with van der Waals surface area (Å²) in [5.41, 5.74) is 2.96. The molecule has 1 aliphatic carbocycles. The maximum Gasteiger partial charge on any atom is 0.227 e. The Labute approximate surface area is 182 Å². The number of halogens is 2. The fourth-order valence-electron chi connectivity index (χ4n) is 3.91. The highest BCUT2D eigenvalue weighted by atomic mass is 35.5. The molecule has 3 aromatic rings. The number of benzene rings is 2. The Bertz CT molecular complexity index is 1160. The van der Waals surface area contributed by atoms with E-state index in [0.717, 1.165) is 24.1 Å². The average Bonchev–Trinajstić information content (AvgIpc) is 3.15. The van der Waals surface area contributed by atoms with Crippen molar-refractivity contribution >= 4 is 35.1 Å². The van der Waals surface area contributed by atoms with E-state index in [1.165, 1.54) is 17.8 Å². The number of thioether (sulfide) groups is 1. The number of aromatic nitrogens is 3. The second-order valence-corrected chi connectivity index (χ2v) is 8.67. The first-order valence-electron chi connectivity index (χ1n) is 9.71. The van der Waals surface area contributed by atoms with Gasteiger partial charge in [0.25, 0.3) is 0 Å². The van der Waals surface area contributed by atoms with Crippen LogP contribution >= 0.6 is 23.4 Å². The molecule has 0 bridgehead atoms. The van der Waals surface area contributed by atoms with Gasteiger partial charge in [0.2, 0.25) is 11.1 Å². The summed E-state index contributed by atoms with van der Waals surface area (Å²) in [7, 11) is 0. The standard InChI is InChI=1S/C22H18ClFN4OS/c23-14-10-8-13(9-11-14)12-30-22-26-21-25-17-6-3-7-18(29)19(17)20(28(21)27-22)15-4-1-2-5-16(15)24/h1-2,4-5,8-11,20H,3,6-7,12H2,(H,25,26,27)/t20-/m1/s1. The predicted octanol–water partition coefficient (Wildman–Crippen LogP) is 5.38. The van der Waals surface area contributed by atoms with Gasteiger partial charge >= 0.3 is 0 Å². The fraction of sp³-hybridized carbons (Fsp3) is 0.227. The van der Waals surface area contributed by atoms with Crippen LogP contribution in [-0.4, -0.2) is 20.5 Å². The Morgan fingerprint density at radius 1 is 1.17 bits per heavy atom. The second-order valence-electron chi connectivity index (χ2n) is 7.30. The van der Waals surface area contributed by atoms with E-state index < -0.39 is 6.04 Å². The van der Waals surface area contributed by atoms with E-state index in [9.17, 15) is 9.18 Å². The lowest BCUT2D eigenvalue weighted by molar-refractivity contribution is -0.116. The van der Waals surface area contributed by atoms with E-state index >= 15 is 0 Å². The summed E-state index contributed by atoms with van der Waals surface area (Å²) in [5.74, 6) is 0.895. The normalized spacial score (nSPS) is 18.1. The van der Waals surface area contributed by atoms with Crippen LogP contribution in [0.25, 0.3) is 0 Å². The van der Waals surface area contributed by atoms with Crippen LogP contribution in [0.3, 0.4) is 0 Å². The molecule has 0 saturated carbocycles. The van der Waals surface area contributed by atoms with Crippen LogP contribution in [0.15, 0.2) is 65.0 Å². The molecule has 0 unspecified atom stereocenters. The average molecular weight is 441 g/mol. The number of carbonyl (C=O) groups is 1. The molecular formula is C22H18ClFN4OS. The molecule has 8 heteroatoms. The topological polar surface area (TPSA) is 59.8 Å². The molecule has 152 valence electrons. The Morgan fingerprint density at radius 3 is 2.77 bits per heavy atom. The lowest BCUT2D eigenvalue weighted by Gasteiger charge is -2.32. The van der Waals surface area contributed by atoms with Gasteiger partial charge in [-0.05, 0) is 36.6 Å².